The number of aromatic nitrogens is 3. The van der Waals surface area contributed by atoms with E-state index in [1.54, 1.807) is 23.9 Å². The molecule has 6 nitrogen and oxygen atoms in total. The van der Waals surface area contributed by atoms with Gasteiger partial charge in [-0.3, -0.25) is 5.10 Å². The van der Waals surface area contributed by atoms with Crippen molar-refractivity contribution in [1.82, 2.24) is 14.9 Å². The van der Waals surface area contributed by atoms with E-state index in [1.807, 2.05) is 12.1 Å². The normalized spacial score (nSPS) is 10.8. The molecule has 3 rings (SSSR count). The first-order valence-corrected chi connectivity index (χ1v) is 10.8. The van der Waals surface area contributed by atoms with Gasteiger partial charge in [-0.1, -0.05) is 24.6 Å². The molecule has 0 fully saturated rings. The predicted octanol–water partition coefficient (Wildman–Crippen LogP) is 5.78. The third kappa shape index (κ3) is 5.14. The molecule has 0 bridgehead atoms. The van der Waals surface area contributed by atoms with Crippen LogP contribution in [0.4, 0.5) is 4.39 Å². The molecule has 0 spiro atoms. The van der Waals surface area contributed by atoms with Crippen LogP contribution in [0, 0.1) is 10.6 Å². The first kappa shape index (κ1) is 22.6. The number of methoxy groups -OCH3 is 1. The second-order valence-electron chi connectivity index (χ2n) is 6.46. The first-order chi connectivity index (χ1) is 14.4. The Morgan fingerprint density at radius 3 is 2.87 bits per heavy atom. The molecule has 0 saturated heterocycles. The van der Waals surface area contributed by atoms with E-state index in [4.69, 9.17) is 33.3 Å². The van der Waals surface area contributed by atoms with Crippen LogP contribution in [0.25, 0.3) is 0 Å². The van der Waals surface area contributed by atoms with Crippen LogP contribution in [-0.2, 0) is 19.6 Å². The molecule has 0 unspecified atom stereocenters. The van der Waals surface area contributed by atoms with E-state index in [-0.39, 0.29) is 12.2 Å². The van der Waals surface area contributed by atoms with Crippen molar-refractivity contribution in [3.8, 4) is 11.5 Å². The molecule has 3 aromatic rings. The SMILES string of the molecule is CCCc1n[nH]c(=S)n1NCc1cc(Br)c(OCc2c(F)cccc2Cl)c(OC)c1. The highest BCUT2D eigenvalue weighted by Crippen LogP contribution is 2.37. The summed E-state index contributed by atoms with van der Waals surface area (Å²) in [6.07, 6.45) is 1.76. The monoisotopic (exact) mass is 514 g/mol. The van der Waals surface area contributed by atoms with E-state index in [9.17, 15) is 4.39 Å². The van der Waals surface area contributed by atoms with Gasteiger partial charge in [0.2, 0.25) is 4.77 Å². The topological polar surface area (TPSA) is 64.1 Å². The summed E-state index contributed by atoms with van der Waals surface area (Å²) in [7, 11) is 1.55. The highest BCUT2D eigenvalue weighted by molar-refractivity contribution is 9.10. The van der Waals surface area contributed by atoms with E-state index >= 15 is 0 Å². The van der Waals surface area contributed by atoms with Crippen molar-refractivity contribution in [2.24, 2.45) is 0 Å². The minimum absolute atomic E-state index is 0.0252. The van der Waals surface area contributed by atoms with Crippen molar-refractivity contribution in [2.45, 2.75) is 32.9 Å². The minimum atomic E-state index is -0.418. The molecule has 0 atom stereocenters. The van der Waals surface area contributed by atoms with Crippen LogP contribution in [0.1, 0.15) is 30.3 Å². The molecule has 0 radical (unpaired) electrons. The molecule has 2 N–H and O–H groups in total. The Balaban J connectivity index is 1.77. The van der Waals surface area contributed by atoms with Gasteiger partial charge < -0.3 is 14.9 Å². The van der Waals surface area contributed by atoms with Crippen molar-refractivity contribution >= 4 is 39.7 Å². The average molecular weight is 516 g/mol. The van der Waals surface area contributed by atoms with Gasteiger partial charge in [0.25, 0.3) is 0 Å². The van der Waals surface area contributed by atoms with Gasteiger partial charge in [0.05, 0.1) is 23.1 Å². The molecule has 160 valence electrons. The minimum Gasteiger partial charge on any atom is -0.493 e. The molecule has 0 aliphatic carbocycles. The Labute approximate surface area is 192 Å². The van der Waals surface area contributed by atoms with E-state index in [0.29, 0.717) is 32.3 Å². The number of benzene rings is 2. The van der Waals surface area contributed by atoms with Gasteiger partial charge in [0.1, 0.15) is 12.4 Å². The highest BCUT2D eigenvalue weighted by Gasteiger charge is 2.15. The van der Waals surface area contributed by atoms with Crippen molar-refractivity contribution in [3.63, 3.8) is 0 Å². The Bertz CT molecular complexity index is 1070. The fraction of sp³-hybridized carbons (Fsp3) is 0.300. The standard InChI is InChI=1S/C20H21BrClFN4O2S/c1-3-5-18-25-26-20(30)27(18)24-10-12-8-14(21)19(17(9-12)28-2)29-11-13-15(22)6-4-7-16(13)23/h4,6-9,24H,3,5,10-11H2,1-2H3,(H,26,30). The summed E-state index contributed by atoms with van der Waals surface area (Å²) in [6, 6.07) is 8.27. The lowest BCUT2D eigenvalue weighted by molar-refractivity contribution is 0.277. The molecular formula is C20H21BrClFN4O2S. The number of hydrogen-bond donors (Lipinski definition) is 2. The predicted molar refractivity (Wildman–Crippen MR) is 121 cm³/mol. The van der Waals surface area contributed by atoms with Gasteiger partial charge >= 0.3 is 0 Å². The highest BCUT2D eigenvalue weighted by atomic mass is 79.9. The van der Waals surface area contributed by atoms with Crippen molar-refractivity contribution in [2.75, 3.05) is 12.5 Å². The van der Waals surface area contributed by atoms with E-state index in [1.165, 1.54) is 6.07 Å². The zero-order chi connectivity index (χ0) is 21.7. The van der Waals surface area contributed by atoms with Crippen molar-refractivity contribution < 1.29 is 13.9 Å². The van der Waals surface area contributed by atoms with Crippen LogP contribution in [0.2, 0.25) is 5.02 Å². The maximum Gasteiger partial charge on any atom is 0.214 e. The Morgan fingerprint density at radius 1 is 1.37 bits per heavy atom. The number of ether oxygens (including phenoxy) is 2. The lowest BCUT2D eigenvalue weighted by Crippen LogP contribution is -2.17. The quantitative estimate of drug-likeness (QED) is 0.354. The van der Waals surface area contributed by atoms with Crippen LogP contribution < -0.4 is 14.9 Å². The maximum atomic E-state index is 14.0. The number of aromatic amines is 1. The largest absolute Gasteiger partial charge is 0.493 e. The number of rotatable bonds is 9. The van der Waals surface area contributed by atoms with Crippen molar-refractivity contribution in [3.05, 3.63) is 67.4 Å². The molecule has 1 aromatic heterocycles. The summed E-state index contributed by atoms with van der Waals surface area (Å²) in [5.74, 6) is 1.40. The zero-order valence-electron chi connectivity index (χ0n) is 16.5. The van der Waals surface area contributed by atoms with E-state index in [0.717, 1.165) is 24.2 Å². The zero-order valence-corrected chi connectivity index (χ0v) is 19.6. The summed E-state index contributed by atoms with van der Waals surface area (Å²) in [4.78, 5) is 0. The smallest absolute Gasteiger partial charge is 0.214 e. The third-order valence-corrected chi connectivity index (χ3v) is 5.59. The lowest BCUT2D eigenvalue weighted by atomic mass is 10.2. The van der Waals surface area contributed by atoms with Crippen LogP contribution in [0.3, 0.4) is 0 Å². The average Bonchev–Trinajstić information content (AvgIpc) is 3.06. The second kappa shape index (κ2) is 10.3. The number of nitrogens with one attached hydrogen (secondary N) is 2. The molecule has 1 heterocycles. The molecule has 10 heteroatoms. The number of halogens is 3. The van der Waals surface area contributed by atoms with Gasteiger partial charge in [-0.25, -0.2) is 9.07 Å². The second-order valence-corrected chi connectivity index (χ2v) is 8.11. The summed E-state index contributed by atoms with van der Waals surface area (Å²) in [6.45, 7) is 2.54. The Hall–Kier alpha value is -2.10. The van der Waals surface area contributed by atoms with Gasteiger partial charge in [-0.2, -0.15) is 5.10 Å². The number of aryl methyl sites for hydroxylation is 1. The number of H-pyrrole nitrogens is 1. The van der Waals surface area contributed by atoms with Gasteiger partial charge in [-0.15, -0.1) is 0 Å². The number of nitrogens with zero attached hydrogens (tertiary/aromatic N) is 2. The molecule has 30 heavy (non-hydrogen) atoms. The Kier molecular flexibility index (Phi) is 7.74. The fourth-order valence-corrected chi connectivity index (χ4v) is 3.92. The summed E-state index contributed by atoms with van der Waals surface area (Å²) >= 11 is 14.9. The molecule has 0 aliphatic rings. The van der Waals surface area contributed by atoms with Gasteiger partial charge in [-0.05, 0) is 64.4 Å². The molecule has 2 aromatic carbocycles. The van der Waals surface area contributed by atoms with Crippen molar-refractivity contribution in [1.29, 1.82) is 0 Å². The van der Waals surface area contributed by atoms with E-state index < -0.39 is 5.82 Å². The van der Waals surface area contributed by atoms with Gasteiger partial charge in [0, 0.05) is 12.0 Å². The van der Waals surface area contributed by atoms with Crippen LogP contribution in [-0.4, -0.2) is 22.0 Å². The molecule has 0 aliphatic heterocycles. The maximum absolute atomic E-state index is 14.0. The summed E-state index contributed by atoms with van der Waals surface area (Å²) in [5, 5.41) is 7.35. The van der Waals surface area contributed by atoms with E-state index in [2.05, 4.69) is 38.5 Å². The number of hydrogen-bond acceptors (Lipinski definition) is 5. The van der Waals surface area contributed by atoms with Crippen LogP contribution in [0.15, 0.2) is 34.8 Å². The molecular weight excluding hydrogens is 495 g/mol. The third-order valence-electron chi connectivity index (χ3n) is 4.37. The van der Waals surface area contributed by atoms with Gasteiger partial charge in [0.15, 0.2) is 17.3 Å². The van der Waals surface area contributed by atoms with Crippen LogP contribution >= 0.6 is 39.7 Å². The molecule has 0 amide bonds. The summed E-state index contributed by atoms with van der Waals surface area (Å²) < 4.78 is 28.3. The van der Waals surface area contributed by atoms with Crippen LogP contribution in [0.5, 0.6) is 11.5 Å². The summed E-state index contributed by atoms with van der Waals surface area (Å²) in [5.41, 5.74) is 4.49. The fourth-order valence-electron chi connectivity index (χ4n) is 2.88. The first-order valence-electron chi connectivity index (χ1n) is 9.26. The lowest BCUT2D eigenvalue weighted by Gasteiger charge is -2.16. The molecule has 0 saturated carbocycles. The Morgan fingerprint density at radius 2 is 2.17 bits per heavy atom.